The molecule has 18 heavy (non-hydrogen) atoms. The fraction of sp³-hybridized carbons (Fsp3) is 0.583. The van der Waals surface area contributed by atoms with Crippen LogP contribution in [0.5, 0.6) is 0 Å². The molecule has 0 spiro atoms. The molecule has 0 fully saturated rings. The summed E-state index contributed by atoms with van der Waals surface area (Å²) < 4.78 is 4.53. The number of carbonyl (C=O) groups excluding carboxylic acids is 1. The minimum atomic E-state index is -1.24. The van der Waals surface area contributed by atoms with Crippen LogP contribution in [-0.4, -0.2) is 28.2 Å². The Balaban J connectivity index is 2.67. The van der Waals surface area contributed by atoms with Crippen molar-refractivity contribution in [1.29, 1.82) is 0 Å². The van der Waals surface area contributed by atoms with E-state index in [0.717, 1.165) is 18.9 Å². The molecule has 1 heterocycles. The molecule has 1 rings (SSSR count). The van der Waals surface area contributed by atoms with Gasteiger partial charge in [-0.3, -0.25) is 4.79 Å². The maximum Gasteiger partial charge on any atom is 0.374 e. The SMILES string of the molecule is CCC(CC)C(C)NC(=O)c1cc(C(=O)O)on1. The van der Waals surface area contributed by atoms with Gasteiger partial charge in [-0.25, -0.2) is 4.79 Å². The van der Waals surface area contributed by atoms with E-state index >= 15 is 0 Å². The van der Waals surface area contributed by atoms with Gasteiger partial charge < -0.3 is 14.9 Å². The van der Waals surface area contributed by atoms with Crippen LogP contribution in [0.25, 0.3) is 0 Å². The quantitative estimate of drug-likeness (QED) is 0.809. The lowest BCUT2D eigenvalue weighted by Crippen LogP contribution is -2.37. The van der Waals surface area contributed by atoms with Gasteiger partial charge in [-0.15, -0.1) is 0 Å². The van der Waals surface area contributed by atoms with Crippen LogP contribution in [0, 0.1) is 5.92 Å². The van der Waals surface area contributed by atoms with Crippen LogP contribution in [0.4, 0.5) is 0 Å². The van der Waals surface area contributed by atoms with Crippen LogP contribution in [0.3, 0.4) is 0 Å². The van der Waals surface area contributed by atoms with E-state index in [9.17, 15) is 9.59 Å². The number of hydrogen-bond acceptors (Lipinski definition) is 4. The van der Waals surface area contributed by atoms with Crippen LogP contribution < -0.4 is 5.32 Å². The van der Waals surface area contributed by atoms with Crippen molar-refractivity contribution in [3.63, 3.8) is 0 Å². The lowest BCUT2D eigenvalue weighted by molar-refractivity contribution is 0.0650. The Bertz CT molecular complexity index is 423. The zero-order valence-corrected chi connectivity index (χ0v) is 10.8. The van der Waals surface area contributed by atoms with Crippen LogP contribution in [0.1, 0.15) is 54.7 Å². The van der Waals surface area contributed by atoms with Crippen molar-refractivity contribution in [3.05, 3.63) is 17.5 Å². The molecule has 1 amide bonds. The lowest BCUT2D eigenvalue weighted by Gasteiger charge is -2.21. The Labute approximate surface area is 105 Å². The van der Waals surface area contributed by atoms with E-state index in [2.05, 4.69) is 28.8 Å². The molecule has 6 nitrogen and oxygen atoms in total. The Morgan fingerprint density at radius 1 is 1.44 bits per heavy atom. The number of carboxylic acids is 1. The minimum absolute atomic E-state index is 0.00907. The number of aromatic carboxylic acids is 1. The molecule has 0 aromatic carbocycles. The van der Waals surface area contributed by atoms with Gasteiger partial charge in [0.25, 0.3) is 5.91 Å². The van der Waals surface area contributed by atoms with Crippen molar-refractivity contribution in [2.75, 3.05) is 0 Å². The molecule has 2 N–H and O–H groups in total. The molecular formula is C12H18N2O4. The Kier molecular flexibility index (Phi) is 4.88. The lowest BCUT2D eigenvalue weighted by atomic mass is 9.95. The van der Waals surface area contributed by atoms with E-state index in [1.54, 1.807) is 0 Å². The third-order valence-corrected chi connectivity index (χ3v) is 3.07. The second-order valence-electron chi connectivity index (χ2n) is 4.22. The molecule has 0 saturated carbocycles. The second kappa shape index (κ2) is 6.18. The average Bonchev–Trinajstić information content (AvgIpc) is 2.79. The number of carboxylic acid groups (broad SMARTS) is 1. The van der Waals surface area contributed by atoms with Gasteiger partial charge in [0, 0.05) is 12.1 Å². The van der Waals surface area contributed by atoms with Gasteiger partial charge in [0.1, 0.15) is 0 Å². The van der Waals surface area contributed by atoms with Crippen LogP contribution in [0.2, 0.25) is 0 Å². The molecule has 0 aliphatic heterocycles. The minimum Gasteiger partial charge on any atom is -0.475 e. The van der Waals surface area contributed by atoms with E-state index in [0.29, 0.717) is 5.92 Å². The highest BCUT2D eigenvalue weighted by molar-refractivity contribution is 5.94. The van der Waals surface area contributed by atoms with Crippen LogP contribution in [-0.2, 0) is 0 Å². The number of amides is 1. The number of carbonyl (C=O) groups is 2. The first-order valence-corrected chi connectivity index (χ1v) is 6.00. The van der Waals surface area contributed by atoms with Crippen molar-refractivity contribution < 1.29 is 19.2 Å². The van der Waals surface area contributed by atoms with Gasteiger partial charge in [0.2, 0.25) is 5.76 Å². The molecule has 1 aromatic heterocycles. The predicted molar refractivity (Wildman–Crippen MR) is 64.5 cm³/mol. The normalized spacial score (nSPS) is 12.4. The zero-order valence-electron chi connectivity index (χ0n) is 10.8. The highest BCUT2D eigenvalue weighted by atomic mass is 16.5. The monoisotopic (exact) mass is 254 g/mol. The van der Waals surface area contributed by atoms with Crippen LogP contribution >= 0.6 is 0 Å². The predicted octanol–water partition coefficient (Wildman–Crippen LogP) is 1.93. The molecule has 1 atom stereocenters. The molecular weight excluding hydrogens is 236 g/mol. The van der Waals surface area contributed by atoms with Crippen molar-refractivity contribution >= 4 is 11.9 Å². The molecule has 0 aliphatic carbocycles. The summed E-state index contributed by atoms with van der Waals surface area (Å²) in [7, 11) is 0. The Morgan fingerprint density at radius 3 is 2.50 bits per heavy atom. The van der Waals surface area contributed by atoms with Gasteiger partial charge in [-0.05, 0) is 12.8 Å². The van der Waals surface area contributed by atoms with Gasteiger partial charge in [-0.2, -0.15) is 0 Å². The van der Waals surface area contributed by atoms with Gasteiger partial charge in [0.15, 0.2) is 5.69 Å². The number of hydrogen-bond donors (Lipinski definition) is 2. The summed E-state index contributed by atoms with van der Waals surface area (Å²) >= 11 is 0. The molecule has 1 aromatic rings. The number of nitrogens with one attached hydrogen (secondary N) is 1. The number of aromatic nitrogens is 1. The maximum absolute atomic E-state index is 11.8. The van der Waals surface area contributed by atoms with Crippen molar-refractivity contribution in [1.82, 2.24) is 10.5 Å². The van der Waals surface area contributed by atoms with Gasteiger partial charge in [-0.1, -0.05) is 31.8 Å². The fourth-order valence-electron chi connectivity index (χ4n) is 1.88. The summed E-state index contributed by atoms with van der Waals surface area (Å²) in [6.07, 6.45) is 1.94. The molecule has 0 bridgehead atoms. The van der Waals surface area contributed by atoms with E-state index in [1.807, 2.05) is 6.92 Å². The van der Waals surface area contributed by atoms with E-state index in [1.165, 1.54) is 0 Å². The largest absolute Gasteiger partial charge is 0.475 e. The first-order chi connectivity index (χ1) is 8.49. The summed E-state index contributed by atoms with van der Waals surface area (Å²) in [5, 5.41) is 14.9. The summed E-state index contributed by atoms with van der Waals surface area (Å²) in [6.45, 7) is 6.05. The second-order valence-corrected chi connectivity index (χ2v) is 4.22. The van der Waals surface area contributed by atoms with E-state index in [-0.39, 0.29) is 17.5 Å². The van der Waals surface area contributed by atoms with Gasteiger partial charge >= 0.3 is 5.97 Å². The number of rotatable bonds is 6. The summed E-state index contributed by atoms with van der Waals surface area (Å²) in [6, 6.07) is 1.13. The standard InChI is InChI=1S/C12H18N2O4/c1-4-8(5-2)7(3)13-11(15)9-6-10(12(16)17)18-14-9/h6-8H,4-5H2,1-3H3,(H,13,15)(H,16,17). The van der Waals surface area contributed by atoms with E-state index in [4.69, 9.17) is 5.11 Å². The summed E-state index contributed by atoms with van der Waals surface area (Å²) in [4.78, 5) is 22.4. The first kappa shape index (κ1) is 14.2. The van der Waals surface area contributed by atoms with Crippen molar-refractivity contribution in [3.8, 4) is 0 Å². The fourth-order valence-corrected chi connectivity index (χ4v) is 1.88. The highest BCUT2D eigenvalue weighted by Crippen LogP contribution is 2.13. The summed E-state index contributed by atoms with van der Waals surface area (Å²) in [5.74, 6) is -1.60. The highest BCUT2D eigenvalue weighted by Gasteiger charge is 2.20. The molecule has 0 aliphatic rings. The molecule has 0 saturated heterocycles. The molecule has 1 unspecified atom stereocenters. The third kappa shape index (κ3) is 3.32. The van der Waals surface area contributed by atoms with Crippen molar-refractivity contribution in [2.24, 2.45) is 5.92 Å². The molecule has 100 valence electrons. The Morgan fingerprint density at radius 2 is 2.06 bits per heavy atom. The summed E-state index contributed by atoms with van der Waals surface area (Å²) in [5.41, 5.74) is -0.00907. The molecule has 6 heteroatoms. The topological polar surface area (TPSA) is 92.4 Å². The maximum atomic E-state index is 11.8. The zero-order chi connectivity index (χ0) is 13.7. The first-order valence-electron chi connectivity index (χ1n) is 6.00. The van der Waals surface area contributed by atoms with E-state index < -0.39 is 11.9 Å². The van der Waals surface area contributed by atoms with Crippen molar-refractivity contribution in [2.45, 2.75) is 39.7 Å². The smallest absolute Gasteiger partial charge is 0.374 e. The average molecular weight is 254 g/mol. The Hall–Kier alpha value is -1.85. The third-order valence-electron chi connectivity index (χ3n) is 3.07. The molecule has 0 radical (unpaired) electrons. The van der Waals surface area contributed by atoms with Gasteiger partial charge in [0.05, 0.1) is 0 Å². The van der Waals surface area contributed by atoms with Crippen LogP contribution in [0.15, 0.2) is 10.6 Å². The number of nitrogens with zero attached hydrogens (tertiary/aromatic N) is 1.